The number of carboxylic acid groups (broad SMARTS) is 1. The van der Waals surface area contributed by atoms with Crippen molar-refractivity contribution in [2.75, 3.05) is 13.1 Å². The average Bonchev–Trinajstić information content (AvgIpc) is 2.79. The largest absolute Gasteiger partial charge is 0.465 e. The molecule has 3 N–H and O–H groups in total. The Morgan fingerprint density at radius 1 is 1.55 bits per heavy atom. The maximum atomic E-state index is 10.9. The molecular formula is C14H19ClN2O3. The van der Waals surface area contributed by atoms with E-state index in [1.165, 1.54) is 4.90 Å². The molecule has 0 aliphatic carbocycles. The fraction of sp³-hybridized carbons (Fsp3) is 0.500. The molecule has 1 fully saturated rings. The van der Waals surface area contributed by atoms with Crippen molar-refractivity contribution in [2.45, 2.75) is 32.1 Å². The number of carbonyl (C=O) groups is 1. The van der Waals surface area contributed by atoms with Gasteiger partial charge < -0.3 is 20.5 Å². The molecule has 1 heterocycles. The highest BCUT2D eigenvalue weighted by Crippen LogP contribution is 2.20. The zero-order chi connectivity index (χ0) is 14.7. The second-order valence-electron chi connectivity index (χ2n) is 4.98. The van der Waals surface area contributed by atoms with Crippen LogP contribution in [0.1, 0.15) is 18.1 Å². The molecule has 5 nitrogen and oxygen atoms in total. The maximum Gasteiger partial charge on any atom is 0.407 e. The lowest BCUT2D eigenvalue weighted by molar-refractivity contribution is 0.0387. The normalized spacial score (nSPS) is 22.2. The van der Waals surface area contributed by atoms with E-state index in [9.17, 15) is 4.79 Å². The first-order valence-electron chi connectivity index (χ1n) is 6.63. The Labute approximate surface area is 123 Å². The van der Waals surface area contributed by atoms with Gasteiger partial charge in [0.25, 0.3) is 0 Å². The van der Waals surface area contributed by atoms with E-state index >= 15 is 0 Å². The first-order valence-corrected chi connectivity index (χ1v) is 7.01. The van der Waals surface area contributed by atoms with E-state index in [-0.39, 0.29) is 12.1 Å². The van der Waals surface area contributed by atoms with E-state index in [0.29, 0.717) is 19.7 Å². The number of ether oxygens (including phenoxy) is 1. The van der Waals surface area contributed by atoms with Crippen LogP contribution >= 0.6 is 11.6 Å². The van der Waals surface area contributed by atoms with Gasteiger partial charge in [-0.25, -0.2) is 4.79 Å². The van der Waals surface area contributed by atoms with Gasteiger partial charge in [-0.2, -0.15) is 0 Å². The summed E-state index contributed by atoms with van der Waals surface area (Å²) in [6.45, 7) is 3.10. The van der Waals surface area contributed by atoms with Crippen LogP contribution in [-0.2, 0) is 17.8 Å². The molecular weight excluding hydrogens is 280 g/mol. The second-order valence-corrected chi connectivity index (χ2v) is 5.39. The van der Waals surface area contributed by atoms with Gasteiger partial charge in [0.15, 0.2) is 0 Å². The third-order valence-corrected chi connectivity index (χ3v) is 3.90. The van der Waals surface area contributed by atoms with Crippen molar-refractivity contribution in [1.29, 1.82) is 0 Å². The third-order valence-electron chi connectivity index (χ3n) is 3.53. The molecule has 0 saturated carbocycles. The van der Waals surface area contributed by atoms with Crippen LogP contribution in [-0.4, -0.2) is 41.3 Å². The Kier molecular flexibility index (Phi) is 4.86. The maximum absolute atomic E-state index is 10.9. The molecule has 0 aromatic heterocycles. The number of halogens is 1. The SMILES string of the molecule is CCc1cc(CO[C@H]2CN(C(=O)O)C[C@@H]2N)ccc1Cl. The number of aryl methyl sites for hydroxylation is 1. The summed E-state index contributed by atoms with van der Waals surface area (Å²) in [6.07, 6.45) is -0.347. The van der Waals surface area contributed by atoms with E-state index in [4.69, 9.17) is 27.2 Å². The van der Waals surface area contributed by atoms with E-state index in [2.05, 4.69) is 0 Å². The van der Waals surface area contributed by atoms with Gasteiger partial charge >= 0.3 is 6.09 Å². The second kappa shape index (κ2) is 6.43. The Bertz CT molecular complexity index is 495. The third kappa shape index (κ3) is 3.42. The van der Waals surface area contributed by atoms with E-state index in [0.717, 1.165) is 22.6 Å². The highest BCUT2D eigenvalue weighted by molar-refractivity contribution is 6.31. The lowest BCUT2D eigenvalue weighted by Crippen LogP contribution is -2.35. The summed E-state index contributed by atoms with van der Waals surface area (Å²) in [5, 5.41) is 9.69. The van der Waals surface area contributed by atoms with Crippen LogP contribution in [0.4, 0.5) is 4.79 Å². The first kappa shape index (κ1) is 15.1. The average molecular weight is 299 g/mol. The molecule has 1 aromatic carbocycles. The Hall–Kier alpha value is -1.30. The Balaban J connectivity index is 1.94. The Morgan fingerprint density at radius 3 is 2.90 bits per heavy atom. The van der Waals surface area contributed by atoms with E-state index in [1.54, 1.807) is 0 Å². The highest BCUT2D eigenvalue weighted by Gasteiger charge is 2.33. The van der Waals surface area contributed by atoms with Crippen LogP contribution < -0.4 is 5.73 Å². The number of benzene rings is 1. The zero-order valence-corrected chi connectivity index (χ0v) is 12.1. The summed E-state index contributed by atoms with van der Waals surface area (Å²) >= 11 is 6.07. The number of hydrogen-bond acceptors (Lipinski definition) is 3. The van der Waals surface area contributed by atoms with Crippen molar-refractivity contribution in [3.05, 3.63) is 34.3 Å². The summed E-state index contributed by atoms with van der Waals surface area (Å²) in [6, 6.07) is 5.51. The van der Waals surface area contributed by atoms with Gasteiger partial charge in [0.05, 0.1) is 25.3 Å². The summed E-state index contributed by atoms with van der Waals surface area (Å²) in [5.41, 5.74) is 8.00. The topological polar surface area (TPSA) is 75.8 Å². The molecule has 1 amide bonds. The predicted molar refractivity (Wildman–Crippen MR) is 77.0 cm³/mol. The molecule has 1 aromatic rings. The van der Waals surface area contributed by atoms with Crippen LogP contribution in [0.2, 0.25) is 5.02 Å². The van der Waals surface area contributed by atoms with Crippen molar-refractivity contribution in [3.8, 4) is 0 Å². The number of likely N-dealkylation sites (tertiary alicyclic amines) is 1. The quantitative estimate of drug-likeness (QED) is 0.892. The summed E-state index contributed by atoms with van der Waals surface area (Å²) < 4.78 is 5.75. The van der Waals surface area contributed by atoms with Crippen molar-refractivity contribution < 1.29 is 14.6 Å². The van der Waals surface area contributed by atoms with Crippen molar-refractivity contribution in [1.82, 2.24) is 4.90 Å². The predicted octanol–water partition coefficient (Wildman–Crippen LogP) is 2.11. The summed E-state index contributed by atoms with van der Waals surface area (Å²) in [7, 11) is 0. The smallest absolute Gasteiger partial charge is 0.407 e. The minimum Gasteiger partial charge on any atom is -0.465 e. The minimum atomic E-state index is -0.952. The molecule has 1 saturated heterocycles. The molecule has 0 radical (unpaired) electrons. The van der Waals surface area contributed by atoms with Crippen molar-refractivity contribution in [3.63, 3.8) is 0 Å². The fourth-order valence-corrected chi connectivity index (χ4v) is 2.57. The van der Waals surface area contributed by atoms with Crippen molar-refractivity contribution in [2.24, 2.45) is 5.73 Å². The minimum absolute atomic E-state index is 0.258. The molecule has 0 unspecified atom stereocenters. The Morgan fingerprint density at radius 2 is 2.30 bits per heavy atom. The zero-order valence-electron chi connectivity index (χ0n) is 11.4. The van der Waals surface area contributed by atoms with Gasteiger partial charge in [-0.1, -0.05) is 30.7 Å². The number of rotatable bonds is 4. The number of nitrogens with zero attached hydrogens (tertiary/aromatic N) is 1. The molecule has 2 atom stereocenters. The van der Waals surface area contributed by atoms with Gasteiger partial charge in [-0.3, -0.25) is 0 Å². The standard InChI is InChI=1S/C14H19ClN2O3/c1-2-10-5-9(3-4-11(10)15)8-20-13-7-17(14(18)19)6-12(13)16/h3-5,12-13H,2,6-8,16H2,1H3,(H,18,19)/t12-,13-/m0/s1. The molecule has 6 heteroatoms. The number of amides is 1. The number of hydrogen-bond donors (Lipinski definition) is 2. The van der Waals surface area contributed by atoms with E-state index < -0.39 is 6.09 Å². The lowest BCUT2D eigenvalue weighted by Gasteiger charge is -2.15. The lowest BCUT2D eigenvalue weighted by atomic mass is 10.1. The van der Waals surface area contributed by atoms with Gasteiger partial charge in [0, 0.05) is 11.6 Å². The first-order chi connectivity index (χ1) is 9.51. The molecule has 0 bridgehead atoms. The molecule has 0 spiro atoms. The molecule has 20 heavy (non-hydrogen) atoms. The molecule has 1 aliphatic heterocycles. The molecule has 110 valence electrons. The van der Waals surface area contributed by atoms with E-state index in [1.807, 2.05) is 25.1 Å². The van der Waals surface area contributed by atoms with Gasteiger partial charge in [0.1, 0.15) is 0 Å². The van der Waals surface area contributed by atoms with Crippen LogP contribution in [0.5, 0.6) is 0 Å². The summed E-state index contributed by atoms with van der Waals surface area (Å²) in [4.78, 5) is 12.2. The van der Waals surface area contributed by atoms with Crippen LogP contribution in [0.15, 0.2) is 18.2 Å². The molecule has 2 rings (SSSR count). The van der Waals surface area contributed by atoms with Gasteiger partial charge in [-0.15, -0.1) is 0 Å². The molecule has 1 aliphatic rings. The fourth-order valence-electron chi connectivity index (χ4n) is 2.32. The highest BCUT2D eigenvalue weighted by atomic mass is 35.5. The van der Waals surface area contributed by atoms with Crippen LogP contribution in [0.3, 0.4) is 0 Å². The van der Waals surface area contributed by atoms with Gasteiger partial charge in [0.2, 0.25) is 0 Å². The monoisotopic (exact) mass is 298 g/mol. The van der Waals surface area contributed by atoms with Crippen LogP contribution in [0, 0.1) is 0 Å². The van der Waals surface area contributed by atoms with Crippen LogP contribution in [0.25, 0.3) is 0 Å². The van der Waals surface area contributed by atoms with Gasteiger partial charge in [-0.05, 0) is 23.6 Å². The van der Waals surface area contributed by atoms with Crippen molar-refractivity contribution >= 4 is 17.7 Å². The summed E-state index contributed by atoms with van der Waals surface area (Å²) in [5.74, 6) is 0. The number of nitrogens with two attached hydrogens (primary N) is 1.